The highest BCUT2D eigenvalue weighted by molar-refractivity contribution is 9.10. The summed E-state index contributed by atoms with van der Waals surface area (Å²) in [6, 6.07) is 10.5. The zero-order valence-corrected chi connectivity index (χ0v) is 14.7. The van der Waals surface area contributed by atoms with Crippen LogP contribution in [-0.2, 0) is 0 Å². The lowest BCUT2D eigenvalue weighted by Crippen LogP contribution is -2.26. The van der Waals surface area contributed by atoms with Crippen LogP contribution in [0.25, 0.3) is 0 Å². The molecule has 0 aromatic heterocycles. The Balaban J connectivity index is 2.16. The van der Waals surface area contributed by atoms with Crippen LogP contribution in [0, 0.1) is 6.92 Å². The molecule has 2 nitrogen and oxygen atoms in total. The van der Waals surface area contributed by atoms with Gasteiger partial charge in [0.2, 0.25) is 0 Å². The minimum absolute atomic E-state index is 0.135. The third kappa shape index (κ3) is 4.00. The second-order valence-corrected chi connectivity index (χ2v) is 6.52. The van der Waals surface area contributed by atoms with Crippen LogP contribution in [0.15, 0.2) is 40.9 Å². The number of aryl methyl sites for hydroxylation is 1. The molecule has 0 heterocycles. The Morgan fingerprint density at radius 1 is 1.19 bits per heavy atom. The Morgan fingerprint density at radius 2 is 1.90 bits per heavy atom. The molecule has 1 N–H and O–H groups in total. The van der Waals surface area contributed by atoms with E-state index in [4.69, 9.17) is 23.2 Å². The SMILES string of the molecule is Cc1cc(C(=O)NC(C)c2ccc(Cl)cc2Cl)ccc1Br. The summed E-state index contributed by atoms with van der Waals surface area (Å²) < 4.78 is 0.979. The first-order chi connectivity index (χ1) is 9.88. The van der Waals surface area contributed by atoms with E-state index >= 15 is 0 Å². The fourth-order valence-corrected chi connectivity index (χ4v) is 2.82. The van der Waals surface area contributed by atoms with Gasteiger partial charge in [0.1, 0.15) is 0 Å². The van der Waals surface area contributed by atoms with Crippen LogP contribution in [0.5, 0.6) is 0 Å². The van der Waals surface area contributed by atoms with Crippen molar-refractivity contribution in [3.05, 3.63) is 67.6 Å². The lowest BCUT2D eigenvalue weighted by atomic mass is 10.1. The van der Waals surface area contributed by atoms with Crippen LogP contribution in [0.2, 0.25) is 10.0 Å². The number of hydrogen-bond donors (Lipinski definition) is 1. The van der Waals surface area contributed by atoms with Crippen molar-refractivity contribution in [3.8, 4) is 0 Å². The molecule has 5 heteroatoms. The van der Waals surface area contributed by atoms with Crippen LogP contribution < -0.4 is 5.32 Å². The topological polar surface area (TPSA) is 29.1 Å². The van der Waals surface area contributed by atoms with E-state index in [1.54, 1.807) is 18.2 Å². The molecule has 0 saturated carbocycles. The summed E-state index contributed by atoms with van der Waals surface area (Å²) in [5, 5.41) is 4.06. The molecule has 0 aliphatic heterocycles. The van der Waals surface area contributed by atoms with Gasteiger partial charge in [0.25, 0.3) is 5.91 Å². The number of carbonyl (C=O) groups excluding carboxylic acids is 1. The molecule has 0 spiro atoms. The largest absolute Gasteiger partial charge is 0.345 e. The van der Waals surface area contributed by atoms with Gasteiger partial charge in [0.05, 0.1) is 6.04 Å². The molecular formula is C16H14BrCl2NO. The molecule has 1 unspecified atom stereocenters. The van der Waals surface area contributed by atoms with Crippen LogP contribution in [0.4, 0.5) is 0 Å². The third-order valence-electron chi connectivity index (χ3n) is 3.20. The van der Waals surface area contributed by atoms with Crippen LogP contribution in [0.1, 0.15) is 34.5 Å². The predicted octanol–water partition coefficient (Wildman–Crippen LogP) is 5.56. The van der Waals surface area contributed by atoms with Crippen molar-refractivity contribution >= 4 is 45.0 Å². The highest BCUT2D eigenvalue weighted by Crippen LogP contribution is 2.26. The van der Waals surface area contributed by atoms with E-state index in [1.807, 2.05) is 32.0 Å². The van der Waals surface area contributed by atoms with Gasteiger partial charge in [-0.05, 0) is 55.3 Å². The molecule has 0 aliphatic carbocycles. The lowest BCUT2D eigenvalue weighted by Gasteiger charge is -2.16. The molecular weight excluding hydrogens is 373 g/mol. The van der Waals surface area contributed by atoms with E-state index in [9.17, 15) is 4.79 Å². The number of nitrogens with one attached hydrogen (secondary N) is 1. The molecule has 21 heavy (non-hydrogen) atoms. The van der Waals surface area contributed by atoms with Gasteiger partial charge in [-0.3, -0.25) is 4.79 Å². The van der Waals surface area contributed by atoms with Crippen LogP contribution in [-0.4, -0.2) is 5.91 Å². The van der Waals surface area contributed by atoms with Gasteiger partial charge >= 0.3 is 0 Å². The summed E-state index contributed by atoms with van der Waals surface area (Å²) in [6.45, 7) is 3.83. The molecule has 1 amide bonds. The zero-order chi connectivity index (χ0) is 15.6. The van der Waals surface area contributed by atoms with E-state index in [0.29, 0.717) is 15.6 Å². The van der Waals surface area contributed by atoms with Gasteiger partial charge in [-0.2, -0.15) is 0 Å². The summed E-state index contributed by atoms with van der Waals surface area (Å²) in [4.78, 5) is 12.3. The number of benzene rings is 2. The quantitative estimate of drug-likeness (QED) is 0.735. The summed E-state index contributed by atoms with van der Waals surface area (Å²) in [7, 11) is 0. The summed E-state index contributed by atoms with van der Waals surface area (Å²) >= 11 is 15.5. The number of rotatable bonds is 3. The average Bonchev–Trinajstić information content (AvgIpc) is 2.41. The van der Waals surface area contributed by atoms with E-state index in [1.165, 1.54) is 0 Å². The molecule has 2 rings (SSSR count). The molecule has 0 saturated heterocycles. The summed E-state index contributed by atoms with van der Waals surface area (Å²) in [5.74, 6) is -0.135. The van der Waals surface area contributed by atoms with Crippen molar-refractivity contribution < 1.29 is 4.79 Å². The molecule has 0 fully saturated rings. The normalized spacial score (nSPS) is 12.0. The fraction of sp³-hybridized carbons (Fsp3) is 0.188. The highest BCUT2D eigenvalue weighted by Gasteiger charge is 2.14. The molecule has 2 aromatic carbocycles. The Kier molecular flexibility index (Phi) is 5.31. The number of amides is 1. The third-order valence-corrected chi connectivity index (χ3v) is 4.65. The first-order valence-corrected chi connectivity index (χ1v) is 7.95. The molecule has 2 aromatic rings. The Morgan fingerprint density at radius 3 is 2.52 bits per heavy atom. The van der Waals surface area contributed by atoms with Crippen LogP contribution >= 0.6 is 39.1 Å². The molecule has 0 aliphatic rings. The van der Waals surface area contributed by atoms with Gasteiger partial charge in [-0.1, -0.05) is 45.2 Å². The maximum Gasteiger partial charge on any atom is 0.251 e. The van der Waals surface area contributed by atoms with Gasteiger partial charge in [-0.25, -0.2) is 0 Å². The first kappa shape index (κ1) is 16.3. The van der Waals surface area contributed by atoms with Crippen molar-refractivity contribution in [1.29, 1.82) is 0 Å². The van der Waals surface area contributed by atoms with E-state index < -0.39 is 0 Å². The van der Waals surface area contributed by atoms with Gasteiger partial charge < -0.3 is 5.32 Å². The minimum atomic E-state index is -0.203. The second-order valence-electron chi connectivity index (χ2n) is 4.82. The Hall–Kier alpha value is -1.03. The molecule has 110 valence electrons. The minimum Gasteiger partial charge on any atom is -0.345 e. The lowest BCUT2D eigenvalue weighted by molar-refractivity contribution is 0.0940. The monoisotopic (exact) mass is 385 g/mol. The summed E-state index contributed by atoms with van der Waals surface area (Å²) in [6.07, 6.45) is 0. The zero-order valence-electron chi connectivity index (χ0n) is 11.6. The van der Waals surface area contributed by atoms with Crippen molar-refractivity contribution in [3.63, 3.8) is 0 Å². The van der Waals surface area contributed by atoms with Gasteiger partial charge in [0.15, 0.2) is 0 Å². The number of hydrogen-bond acceptors (Lipinski definition) is 1. The van der Waals surface area contributed by atoms with Crippen molar-refractivity contribution in [1.82, 2.24) is 5.32 Å². The van der Waals surface area contributed by atoms with Gasteiger partial charge in [-0.15, -0.1) is 0 Å². The van der Waals surface area contributed by atoms with Crippen LogP contribution in [0.3, 0.4) is 0 Å². The number of halogens is 3. The molecule has 1 atom stereocenters. The van der Waals surface area contributed by atoms with E-state index in [2.05, 4.69) is 21.2 Å². The van der Waals surface area contributed by atoms with E-state index in [-0.39, 0.29) is 11.9 Å². The van der Waals surface area contributed by atoms with Crippen molar-refractivity contribution in [2.24, 2.45) is 0 Å². The van der Waals surface area contributed by atoms with Gasteiger partial charge in [0, 0.05) is 20.1 Å². The summed E-state index contributed by atoms with van der Waals surface area (Å²) in [5.41, 5.74) is 2.47. The maximum absolute atomic E-state index is 12.3. The maximum atomic E-state index is 12.3. The Labute approximate surface area is 142 Å². The standard InChI is InChI=1S/C16H14BrCl2NO/c1-9-7-11(3-6-14(9)17)16(21)20-10(2)13-5-4-12(18)8-15(13)19/h3-8,10H,1-2H3,(H,20,21). The highest BCUT2D eigenvalue weighted by atomic mass is 79.9. The predicted molar refractivity (Wildman–Crippen MR) is 91.2 cm³/mol. The van der Waals surface area contributed by atoms with Crippen molar-refractivity contribution in [2.75, 3.05) is 0 Å². The smallest absolute Gasteiger partial charge is 0.251 e. The van der Waals surface area contributed by atoms with Crippen molar-refractivity contribution in [2.45, 2.75) is 19.9 Å². The average molecular weight is 387 g/mol. The van der Waals surface area contributed by atoms with E-state index in [0.717, 1.165) is 15.6 Å². The Bertz CT molecular complexity index is 688. The first-order valence-electron chi connectivity index (χ1n) is 6.40. The fourth-order valence-electron chi connectivity index (χ4n) is 2.00. The number of carbonyl (C=O) groups is 1. The molecule has 0 radical (unpaired) electrons. The second kappa shape index (κ2) is 6.82. The molecule has 0 bridgehead atoms.